The van der Waals surface area contributed by atoms with Crippen molar-refractivity contribution >= 4 is 11.6 Å². The molecule has 1 aliphatic carbocycles. The molecule has 0 unspecified atom stereocenters. The van der Waals surface area contributed by atoms with Crippen LogP contribution in [-0.4, -0.2) is 15.8 Å². The van der Waals surface area contributed by atoms with E-state index in [0.717, 1.165) is 36.6 Å². The van der Waals surface area contributed by atoms with Crippen molar-refractivity contribution in [3.63, 3.8) is 0 Å². The molecule has 0 saturated heterocycles. The van der Waals surface area contributed by atoms with Gasteiger partial charge in [0.15, 0.2) is 11.5 Å². The summed E-state index contributed by atoms with van der Waals surface area (Å²) in [5.74, 6) is 1.45. The Morgan fingerprint density at radius 3 is 3.05 bits per heavy atom. The van der Waals surface area contributed by atoms with E-state index >= 15 is 0 Å². The molecule has 0 radical (unpaired) electrons. The first kappa shape index (κ1) is 14.4. The Labute approximate surface area is 130 Å². The maximum atomic E-state index is 6.30. The zero-order chi connectivity index (χ0) is 14.7. The molecule has 1 saturated carbocycles. The average Bonchev–Trinajstić information content (AvgIpc) is 3.20. The van der Waals surface area contributed by atoms with E-state index in [-0.39, 0.29) is 0 Å². The van der Waals surface area contributed by atoms with Gasteiger partial charge in [0.2, 0.25) is 0 Å². The Bertz CT molecular complexity index is 607. The molecule has 1 fully saturated rings. The molecule has 1 heterocycles. The van der Waals surface area contributed by atoms with E-state index in [1.54, 1.807) is 6.20 Å². The Hall–Kier alpha value is -1.52. The maximum Gasteiger partial charge on any atom is 0.165 e. The van der Waals surface area contributed by atoms with Crippen molar-refractivity contribution in [1.29, 1.82) is 0 Å². The molecule has 0 atom stereocenters. The molecule has 0 spiro atoms. The fourth-order valence-corrected chi connectivity index (χ4v) is 2.45. The number of hydrogen-bond donors (Lipinski definition) is 1. The van der Waals surface area contributed by atoms with Crippen molar-refractivity contribution in [2.24, 2.45) is 0 Å². The summed E-state index contributed by atoms with van der Waals surface area (Å²) in [7, 11) is 0. The minimum Gasteiger partial charge on any atom is -0.452 e. The standard InChI is InChI=1S/C16H20ClN3O/c1-2-8-20-11-14(10-19-20)21-16-12(4-3-5-15(16)17)9-18-13-6-7-13/h3-5,10-11,13,18H,2,6-9H2,1H3. The minimum atomic E-state index is 0.633. The van der Waals surface area contributed by atoms with Crippen LogP contribution in [0.5, 0.6) is 11.5 Å². The lowest BCUT2D eigenvalue weighted by Gasteiger charge is -2.12. The molecular formula is C16H20ClN3O. The second kappa shape index (κ2) is 6.50. The van der Waals surface area contributed by atoms with E-state index in [0.29, 0.717) is 11.1 Å². The minimum absolute atomic E-state index is 0.633. The third-order valence-electron chi connectivity index (χ3n) is 3.49. The SMILES string of the molecule is CCCn1cc(Oc2c(Cl)cccc2CNC2CC2)cn1. The fourth-order valence-electron chi connectivity index (χ4n) is 2.22. The Balaban J connectivity index is 1.75. The maximum absolute atomic E-state index is 6.30. The Kier molecular flexibility index (Phi) is 4.46. The van der Waals surface area contributed by atoms with Crippen molar-refractivity contribution in [1.82, 2.24) is 15.1 Å². The molecule has 4 nitrogen and oxygen atoms in total. The van der Waals surface area contributed by atoms with Crippen LogP contribution in [0.25, 0.3) is 0 Å². The smallest absolute Gasteiger partial charge is 0.165 e. The number of aromatic nitrogens is 2. The summed E-state index contributed by atoms with van der Waals surface area (Å²) in [5.41, 5.74) is 1.08. The molecular weight excluding hydrogens is 286 g/mol. The van der Waals surface area contributed by atoms with Gasteiger partial charge in [0.1, 0.15) is 0 Å². The first-order valence-corrected chi connectivity index (χ1v) is 7.85. The number of rotatable bonds is 7. The van der Waals surface area contributed by atoms with Gasteiger partial charge >= 0.3 is 0 Å². The van der Waals surface area contributed by atoms with E-state index in [4.69, 9.17) is 16.3 Å². The van der Waals surface area contributed by atoms with Crippen molar-refractivity contribution in [2.75, 3.05) is 0 Å². The Morgan fingerprint density at radius 1 is 1.43 bits per heavy atom. The molecule has 0 amide bonds. The third kappa shape index (κ3) is 3.77. The molecule has 21 heavy (non-hydrogen) atoms. The van der Waals surface area contributed by atoms with Crippen LogP contribution in [0.15, 0.2) is 30.6 Å². The number of halogens is 1. The zero-order valence-electron chi connectivity index (χ0n) is 12.2. The number of ether oxygens (including phenoxy) is 1. The second-order valence-electron chi connectivity index (χ2n) is 5.42. The number of hydrogen-bond acceptors (Lipinski definition) is 3. The average molecular weight is 306 g/mol. The molecule has 1 aromatic carbocycles. The molecule has 0 aliphatic heterocycles. The summed E-state index contributed by atoms with van der Waals surface area (Å²) in [5, 5.41) is 8.40. The van der Waals surface area contributed by atoms with Gasteiger partial charge < -0.3 is 10.1 Å². The van der Waals surface area contributed by atoms with Crippen LogP contribution >= 0.6 is 11.6 Å². The summed E-state index contributed by atoms with van der Waals surface area (Å²) < 4.78 is 7.85. The summed E-state index contributed by atoms with van der Waals surface area (Å²) in [6.07, 6.45) is 7.22. The third-order valence-corrected chi connectivity index (χ3v) is 3.79. The lowest BCUT2D eigenvalue weighted by Crippen LogP contribution is -2.15. The van der Waals surface area contributed by atoms with Gasteiger partial charge in [0.05, 0.1) is 17.4 Å². The molecule has 112 valence electrons. The fraction of sp³-hybridized carbons (Fsp3) is 0.438. The quantitative estimate of drug-likeness (QED) is 0.840. The summed E-state index contributed by atoms with van der Waals surface area (Å²) in [6.45, 7) is 3.80. The van der Waals surface area contributed by atoms with Crippen LogP contribution in [-0.2, 0) is 13.1 Å². The summed E-state index contributed by atoms with van der Waals surface area (Å²) in [6, 6.07) is 6.52. The number of benzene rings is 1. The highest BCUT2D eigenvalue weighted by atomic mass is 35.5. The highest BCUT2D eigenvalue weighted by Crippen LogP contribution is 2.33. The van der Waals surface area contributed by atoms with Crippen LogP contribution in [0.4, 0.5) is 0 Å². The first-order valence-electron chi connectivity index (χ1n) is 7.47. The lowest BCUT2D eigenvalue weighted by molar-refractivity contribution is 0.471. The second-order valence-corrected chi connectivity index (χ2v) is 5.83. The zero-order valence-corrected chi connectivity index (χ0v) is 12.9. The van der Waals surface area contributed by atoms with Gasteiger partial charge in [-0.15, -0.1) is 0 Å². The van der Waals surface area contributed by atoms with E-state index in [2.05, 4.69) is 17.3 Å². The predicted molar refractivity (Wildman–Crippen MR) is 83.9 cm³/mol. The molecule has 1 aliphatic rings. The normalized spacial score (nSPS) is 14.4. The highest BCUT2D eigenvalue weighted by Gasteiger charge is 2.21. The van der Waals surface area contributed by atoms with E-state index in [1.807, 2.05) is 29.1 Å². The molecule has 2 aromatic rings. The van der Waals surface area contributed by atoms with Crippen molar-refractivity contribution < 1.29 is 4.74 Å². The number of nitrogens with zero attached hydrogens (tertiary/aromatic N) is 2. The van der Waals surface area contributed by atoms with Gasteiger partial charge in [-0.1, -0.05) is 30.7 Å². The van der Waals surface area contributed by atoms with Crippen molar-refractivity contribution in [2.45, 2.75) is 45.3 Å². The number of aryl methyl sites for hydroxylation is 1. The van der Waals surface area contributed by atoms with E-state index in [9.17, 15) is 0 Å². The summed E-state index contributed by atoms with van der Waals surface area (Å²) in [4.78, 5) is 0. The van der Waals surface area contributed by atoms with Crippen molar-refractivity contribution in [3.05, 3.63) is 41.2 Å². The van der Waals surface area contributed by atoms with Crippen LogP contribution in [0.2, 0.25) is 5.02 Å². The molecule has 1 aromatic heterocycles. The van der Waals surface area contributed by atoms with Crippen LogP contribution in [0.3, 0.4) is 0 Å². The largest absolute Gasteiger partial charge is 0.452 e. The van der Waals surface area contributed by atoms with E-state index < -0.39 is 0 Å². The van der Waals surface area contributed by atoms with Gasteiger partial charge in [-0.3, -0.25) is 4.68 Å². The van der Waals surface area contributed by atoms with Gasteiger partial charge in [0, 0.05) is 24.7 Å². The summed E-state index contributed by atoms with van der Waals surface area (Å²) >= 11 is 6.30. The van der Waals surface area contributed by atoms with Crippen molar-refractivity contribution in [3.8, 4) is 11.5 Å². The monoisotopic (exact) mass is 305 g/mol. The molecule has 0 bridgehead atoms. The van der Waals surface area contributed by atoms with Gasteiger partial charge in [-0.25, -0.2) is 0 Å². The topological polar surface area (TPSA) is 39.1 Å². The lowest BCUT2D eigenvalue weighted by atomic mass is 10.2. The van der Waals surface area contributed by atoms with Crippen LogP contribution in [0.1, 0.15) is 31.7 Å². The molecule has 1 N–H and O–H groups in total. The highest BCUT2D eigenvalue weighted by molar-refractivity contribution is 6.32. The van der Waals surface area contributed by atoms with Gasteiger partial charge in [-0.2, -0.15) is 5.10 Å². The number of para-hydroxylation sites is 1. The number of nitrogens with one attached hydrogen (secondary N) is 1. The molecule has 5 heteroatoms. The first-order chi connectivity index (χ1) is 10.3. The Morgan fingerprint density at radius 2 is 2.29 bits per heavy atom. The van der Waals surface area contributed by atoms with Crippen LogP contribution < -0.4 is 10.1 Å². The van der Waals surface area contributed by atoms with E-state index in [1.165, 1.54) is 12.8 Å². The molecule has 3 rings (SSSR count). The predicted octanol–water partition coefficient (Wildman–Crippen LogP) is 3.99. The van der Waals surface area contributed by atoms with Crippen LogP contribution in [0, 0.1) is 0 Å². The van der Waals surface area contributed by atoms with Gasteiger partial charge in [0.25, 0.3) is 0 Å². The van der Waals surface area contributed by atoms with Gasteiger partial charge in [-0.05, 0) is 25.3 Å².